The van der Waals surface area contributed by atoms with Crippen LogP contribution in [0.4, 0.5) is 8.78 Å². The Morgan fingerprint density at radius 1 is 1.32 bits per heavy atom. The van der Waals surface area contributed by atoms with Crippen molar-refractivity contribution in [1.29, 1.82) is 0 Å². The zero-order chi connectivity index (χ0) is 14.6. The van der Waals surface area contributed by atoms with Crippen molar-refractivity contribution in [1.82, 2.24) is 5.32 Å². The number of halogens is 2. The summed E-state index contributed by atoms with van der Waals surface area (Å²) in [6.07, 6.45) is 0.670. The first-order valence-corrected chi connectivity index (χ1v) is 7.32. The smallest absolute Gasteiger partial charge is 0.238 e. The molecule has 0 radical (unpaired) electrons. The third kappa shape index (κ3) is 3.50. The van der Waals surface area contributed by atoms with Gasteiger partial charge in [-0.1, -0.05) is 6.92 Å². The van der Waals surface area contributed by atoms with Crippen molar-refractivity contribution in [3.05, 3.63) is 29.8 Å². The molecule has 1 aromatic carbocycles. The van der Waals surface area contributed by atoms with Crippen molar-refractivity contribution in [3.8, 4) is 0 Å². The molecular weight excluding hydrogens is 276 g/mol. The number of nitrogens with one attached hydrogen (secondary N) is 1. The fraction of sp³-hybridized carbons (Fsp3) is 0.417. The highest BCUT2D eigenvalue weighted by molar-refractivity contribution is 7.92. The van der Waals surface area contributed by atoms with Gasteiger partial charge in [-0.3, -0.25) is 4.79 Å². The molecule has 0 unspecified atom stereocenters. The maximum Gasteiger partial charge on any atom is 0.238 e. The van der Waals surface area contributed by atoms with Crippen LogP contribution >= 0.6 is 0 Å². The van der Waals surface area contributed by atoms with E-state index in [0.29, 0.717) is 19.0 Å². The van der Waals surface area contributed by atoms with Crippen molar-refractivity contribution in [2.75, 3.05) is 6.54 Å². The highest BCUT2D eigenvalue weighted by atomic mass is 32.2. The van der Waals surface area contributed by atoms with Crippen molar-refractivity contribution in [2.24, 2.45) is 0 Å². The standard InChI is InChI=1S/C12H15F2NO3S/c1-3-6-15-12(16)8(2)19(17,18)9-4-5-10(13)11(14)7-9/h4-5,7-8H,3,6H2,1-2H3,(H,15,16)/t8-/m1/s1. The van der Waals surface area contributed by atoms with Gasteiger partial charge in [0.05, 0.1) is 4.90 Å². The number of carbonyl (C=O) groups is 1. The molecular formula is C12H15F2NO3S. The number of hydrogen-bond donors (Lipinski definition) is 1. The summed E-state index contributed by atoms with van der Waals surface area (Å²) in [6, 6.07) is 2.24. The van der Waals surface area contributed by atoms with Crippen LogP contribution in [0, 0.1) is 11.6 Å². The zero-order valence-corrected chi connectivity index (χ0v) is 11.4. The van der Waals surface area contributed by atoms with Gasteiger partial charge in [-0.25, -0.2) is 17.2 Å². The van der Waals surface area contributed by atoms with E-state index in [0.717, 1.165) is 12.1 Å². The van der Waals surface area contributed by atoms with Crippen molar-refractivity contribution in [3.63, 3.8) is 0 Å². The van der Waals surface area contributed by atoms with Crippen LogP contribution in [0.1, 0.15) is 20.3 Å². The quantitative estimate of drug-likeness (QED) is 0.839. The number of amides is 1. The number of hydrogen-bond acceptors (Lipinski definition) is 3. The Balaban J connectivity index is 3.02. The minimum Gasteiger partial charge on any atom is -0.355 e. The second-order valence-corrected chi connectivity index (χ2v) is 6.32. The molecule has 19 heavy (non-hydrogen) atoms. The molecule has 0 fully saturated rings. The zero-order valence-electron chi connectivity index (χ0n) is 10.6. The number of sulfone groups is 1. The minimum absolute atomic E-state index is 0.358. The van der Waals surface area contributed by atoms with Crippen molar-refractivity contribution >= 4 is 15.7 Å². The molecule has 0 aliphatic carbocycles. The van der Waals surface area contributed by atoms with Crippen molar-refractivity contribution in [2.45, 2.75) is 30.4 Å². The lowest BCUT2D eigenvalue weighted by Gasteiger charge is -2.13. The van der Waals surface area contributed by atoms with Gasteiger partial charge in [0.15, 0.2) is 21.5 Å². The predicted molar refractivity (Wildman–Crippen MR) is 66.3 cm³/mol. The van der Waals surface area contributed by atoms with Gasteiger partial charge in [-0.05, 0) is 31.5 Å². The van der Waals surface area contributed by atoms with Gasteiger partial charge in [-0.15, -0.1) is 0 Å². The van der Waals surface area contributed by atoms with E-state index in [1.54, 1.807) is 0 Å². The molecule has 1 N–H and O–H groups in total. The Bertz CT molecular complexity index is 572. The summed E-state index contributed by atoms with van der Waals surface area (Å²) in [6.45, 7) is 3.40. The van der Waals surface area contributed by atoms with Crippen molar-refractivity contribution < 1.29 is 22.0 Å². The molecule has 4 nitrogen and oxygen atoms in total. The average molecular weight is 291 g/mol. The molecule has 1 rings (SSSR count). The third-order valence-electron chi connectivity index (χ3n) is 2.60. The molecule has 0 spiro atoms. The lowest BCUT2D eigenvalue weighted by Crippen LogP contribution is -2.38. The molecule has 0 saturated heterocycles. The summed E-state index contributed by atoms with van der Waals surface area (Å²) in [7, 11) is -4.03. The van der Waals surface area contributed by atoms with Gasteiger partial charge in [0.2, 0.25) is 5.91 Å². The Morgan fingerprint density at radius 3 is 2.47 bits per heavy atom. The summed E-state index contributed by atoms with van der Waals surface area (Å²) in [4.78, 5) is 11.2. The van der Waals surface area contributed by atoms with E-state index in [9.17, 15) is 22.0 Å². The SMILES string of the molecule is CCCNC(=O)[C@@H](C)S(=O)(=O)c1ccc(F)c(F)c1. The van der Waals surface area contributed by atoms with Gasteiger partial charge < -0.3 is 5.32 Å². The molecule has 1 aromatic rings. The maximum absolute atomic E-state index is 13.0. The molecule has 0 aliphatic heterocycles. The van der Waals surface area contributed by atoms with Crippen LogP contribution in [-0.2, 0) is 14.6 Å². The Kier molecular flexibility index (Phi) is 4.99. The second-order valence-electron chi connectivity index (χ2n) is 4.05. The van der Waals surface area contributed by atoms with Crippen LogP contribution in [0.3, 0.4) is 0 Å². The fourth-order valence-electron chi connectivity index (χ4n) is 1.39. The summed E-state index contributed by atoms with van der Waals surface area (Å²) >= 11 is 0. The van der Waals surface area contributed by atoms with E-state index in [1.165, 1.54) is 6.92 Å². The predicted octanol–water partition coefficient (Wildman–Crippen LogP) is 1.65. The van der Waals surface area contributed by atoms with Crippen LogP contribution < -0.4 is 5.32 Å². The third-order valence-corrected chi connectivity index (χ3v) is 4.66. The number of carbonyl (C=O) groups excluding carboxylic acids is 1. The van der Waals surface area contributed by atoms with E-state index in [-0.39, 0.29) is 0 Å². The van der Waals surface area contributed by atoms with E-state index < -0.39 is 37.5 Å². The van der Waals surface area contributed by atoms with Gasteiger partial charge in [0.1, 0.15) is 5.25 Å². The Morgan fingerprint density at radius 2 is 1.95 bits per heavy atom. The summed E-state index contributed by atoms with van der Waals surface area (Å²) in [5, 5.41) is 1.09. The minimum atomic E-state index is -4.03. The fourth-order valence-corrected chi connectivity index (χ4v) is 2.69. The van der Waals surface area contributed by atoms with Gasteiger partial charge in [-0.2, -0.15) is 0 Å². The Labute approximate surface area is 110 Å². The van der Waals surface area contributed by atoms with E-state index in [1.807, 2.05) is 6.92 Å². The van der Waals surface area contributed by atoms with Crippen LogP contribution in [0.5, 0.6) is 0 Å². The van der Waals surface area contributed by atoms with Crippen LogP contribution in [0.2, 0.25) is 0 Å². The van der Waals surface area contributed by atoms with Crippen LogP contribution in [0.25, 0.3) is 0 Å². The molecule has 0 bridgehead atoms. The maximum atomic E-state index is 13.0. The van der Waals surface area contributed by atoms with Gasteiger partial charge in [0, 0.05) is 6.54 Å². The lowest BCUT2D eigenvalue weighted by molar-refractivity contribution is -0.120. The summed E-state index contributed by atoms with van der Waals surface area (Å²) in [5.41, 5.74) is 0. The second kappa shape index (κ2) is 6.10. The average Bonchev–Trinajstić information content (AvgIpc) is 2.37. The molecule has 106 valence electrons. The highest BCUT2D eigenvalue weighted by Crippen LogP contribution is 2.18. The van der Waals surface area contributed by atoms with Crippen LogP contribution in [0.15, 0.2) is 23.1 Å². The first-order chi connectivity index (χ1) is 8.80. The lowest BCUT2D eigenvalue weighted by atomic mass is 10.3. The molecule has 0 saturated carbocycles. The van der Waals surface area contributed by atoms with Gasteiger partial charge >= 0.3 is 0 Å². The first kappa shape index (κ1) is 15.6. The number of benzene rings is 1. The van der Waals surface area contributed by atoms with E-state index >= 15 is 0 Å². The van der Waals surface area contributed by atoms with Crippen LogP contribution in [-0.4, -0.2) is 26.1 Å². The van der Waals surface area contributed by atoms with E-state index in [4.69, 9.17) is 0 Å². The molecule has 1 amide bonds. The summed E-state index contributed by atoms with van der Waals surface area (Å²) < 4.78 is 49.9. The Hall–Kier alpha value is -1.50. The first-order valence-electron chi connectivity index (χ1n) is 5.77. The van der Waals surface area contributed by atoms with Gasteiger partial charge in [0.25, 0.3) is 0 Å². The normalized spacial score (nSPS) is 13.1. The largest absolute Gasteiger partial charge is 0.355 e. The summed E-state index contributed by atoms with van der Waals surface area (Å²) in [5.74, 6) is -3.06. The monoisotopic (exact) mass is 291 g/mol. The molecule has 1 atom stereocenters. The molecule has 0 aromatic heterocycles. The molecule has 0 heterocycles. The number of rotatable bonds is 5. The highest BCUT2D eigenvalue weighted by Gasteiger charge is 2.30. The molecule has 0 aliphatic rings. The van der Waals surface area contributed by atoms with E-state index in [2.05, 4.69) is 5.32 Å². The molecule has 7 heteroatoms. The topological polar surface area (TPSA) is 63.2 Å².